The van der Waals surface area contributed by atoms with Gasteiger partial charge in [0.2, 0.25) is 0 Å². The number of nitrogens with zero attached hydrogens (tertiary/aromatic N) is 1. The van der Waals surface area contributed by atoms with Crippen LogP contribution in [0.3, 0.4) is 0 Å². The van der Waals surface area contributed by atoms with E-state index >= 15 is 0 Å². The molecule has 1 atom stereocenters. The van der Waals surface area contributed by atoms with Crippen molar-refractivity contribution in [3.63, 3.8) is 0 Å². The Morgan fingerprint density at radius 3 is 2.73 bits per heavy atom. The SMILES string of the molecule is CCCNC(=O)[C@H]1CN(C(=O)/C=C/c2ccc3c(c2)OCCO3)c2ccccc2O1. The van der Waals surface area contributed by atoms with E-state index in [2.05, 4.69) is 5.32 Å². The summed E-state index contributed by atoms with van der Waals surface area (Å²) in [6, 6.07) is 12.8. The average Bonchev–Trinajstić information content (AvgIpc) is 2.80. The predicted octanol–water partition coefficient (Wildman–Crippen LogP) is 2.79. The molecular formula is C23H24N2O5. The van der Waals surface area contributed by atoms with E-state index in [1.165, 1.54) is 6.08 Å². The molecule has 0 fully saturated rings. The van der Waals surface area contributed by atoms with Crippen LogP contribution < -0.4 is 24.4 Å². The van der Waals surface area contributed by atoms with Gasteiger partial charge in [0, 0.05) is 12.6 Å². The summed E-state index contributed by atoms with van der Waals surface area (Å²) < 4.78 is 17.0. The average molecular weight is 408 g/mol. The van der Waals surface area contributed by atoms with E-state index in [1.54, 1.807) is 17.0 Å². The molecule has 0 bridgehead atoms. The van der Waals surface area contributed by atoms with E-state index in [4.69, 9.17) is 14.2 Å². The number of para-hydroxylation sites is 2. The number of fused-ring (bicyclic) bond motifs is 2. The first kappa shape index (κ1) is 19.8. The highest BCUT2D eigenvalue weighted by Gasteiger charge is 2.32. The summed E-state index contributed by atoms with van der Waals surface area (Å²) in [7, 11) is 0. The maximum absolute atomic E-state index is 13.0. The first-order valence-electron chi connectivity index (χ1n) is 10.1. The van der Waals surface area contributed by atoms with Crippen LogP contribution in [-0.4, -0.2) is 44.2 Å². The van der Waals surface area contributed by atoms with Crippen LogP contribution in [0, 0.1) is 0 Å². The van der Waals surface area contributed by atoms with Crippen molar-refractivity contribution in [2.45, 2.75) is 19.4 Å². The minimum absolute atomic E-state index is 0.150. The molecule has 0 saturated heterocycles. The highest BCUT2D eigenvalue weighted by Crippen LogP contribution is 2.34. The molecule has 0 spiro atoms. The Balaban J connectivity index is 1.53. The zero-order chi connectivity index (χ0) is 20.9. The number of benzene rings is 2. The summed E-state index contributed by atoms with van der Waals surface area (Å²) >= 11 is 0. The van der Waals surface area contributed by atoms with Gasteiger partial charge in [0.15, 0.2) is 17.6 Å². The van der Waals surface area contributed by atoms with Gasteiger partial charge in [0.25, 0.3) is 11.8 Å². The van der Waals surface area contributed by atoms with Crippen LogP contribution in [0.15, 0.2) is 48.5 Å². The topological polar surface area (TPSA) is 77.1 Å². The predicted molar refractivity (Wildman–Crippen MR) is 113 cm³/mol. The Hall–Kier alpha value is -3.48. The van der Waals surface area contributed by atoms with Crippen LogP contribution in [0.2, 0.25) is 0 Å². The van der Waals surface area contributed by atoms with Gasteiger partial charge in [0.1, 0.15) is 19.0 Å². The van der Waals surface area contributed by atoms with E-state index in [0.717, 1.165) is 12.0 Å². The molecule has 2 aliphatic heterocycles. The lowest BCUT2D eigenvalue weighted by molar-refractivity contribution is -0.128. The molecule has 2 heterocycles. The van der Waals surface area contributed by atoms with Gasteiger partial charge in [-0.1, -0.05) is 25.1 Å². The summed E-state index contributed by atoms with van der Waals surface area (Å²) in [4.78, 5) is 27.0. The summed E-state index contributed by atoms with van der Waals surface area (Å²) in [5.74, 6) is 1.43. The first-order chi connectivity index (χ1) is 14.7. The summed E-state index contributed by atoms with van der Waals surface area (Å²) in [6.45, 7) is 3.74. The Bertz CT molecular complexity index is 972. The van der Waals surface area contributed by atoms with Crippen molar-refractivity contribution < 1.29 is 23.8 Å². The fourth-order valence-corrected chi connectivity index (χ4v) is 3.36. The number of hydrogen-bond acceptors (Lipinski definition) is 5. The smallest absolute Gasteiger partial charge is 0.262 e. The van der Waals surface area contributed by atoms with Gasteiger partial charge in [0.05, 0.1) is 12.2 Å². The van der Waals surface area contributed by atoms with Crippen LogP contribution >= 0.6 is 0 Å². The van der Waals surface area contributed by atoms with Crippen molar-refractivity contribution in [3.8, 4) is 17.2 Å². The molecule has 7 nitrogen and oxygen atoms in total. The van der Waals surface area contributed by atoms with Crippen LogP contribution in [-0.2, 0) is 9.59 Å². The standard InChI is InChI=1S/C23H24N2O5/c1-2-11-24-23(27)21-15-25(17-5-3-4-6-18(17)30-21)22(26)10-8-16-7-9-19-20(14-16)29-13-12-28-19/h3-10,14,21H,2,11-13,15H2,1H3,(H,24,27)/b10-8+/t21-/m1/s1. The van der Waals surface area contributed by atoms with Crippen molar-refractivity contribution in [1.82, 2.24) is 5.32 Å². The van der Waals surface area contributed by atoms with Gasteiger partial charge in [-0.3, -0.25) is 9.59 Å². The second kappa shape index (κ2) is 8.90. The van der Waals surface area contributed by atoms with Crippen LogP contribution in [0.4, 0.5) is 5.69 Å². The summed E-state index contributed by atoms with van der Waals surface area (Å²) in [5, 5.41) is 2.83. The second-order valence-corrected chi connectivity index (χ2v) is 7.05. The largest absolute Gasteiger partial charge is 0.486 e. The molecule has 0 saturated carbocycles. The van der Waals surface area contributed by atoms with Gasteiger partial charge in [-0.15, -0.1) is 0 Å². The van der Waals surface area contributed by atoms with E-state index in [0.29, 0.717) is 42.7 Å². The number of ether oxygens (including phenoxy) is 3. The Kier molecular flexibility index (Phi) is 5.88. The molecule has 2 aliphatic rings. The molecule has 2 aromatic rings. The number of anilines is 1. The van der Waals surface area contributed by atoms with Crippen molar-refractivity contribution in [3.05, 3.63) is 54.1 Å². The third-order valence-corrected chi connectivity index (χ3v) is 4.87. The molecule has 0 aliphatic carbocycles. The van der Waals surface area contributed by atoms with E-state index in [1.807, 2.05) is 43.3 Å². The maximum atomic E-state index is 13.0. The molecule has 2 aromatic carbocycles. The summed E-state index contributed by atoms with van der Waals surface area (Å²) in [5.41, 5.74) is 1.47. The van der Waals surface area contributed by atoms with Gasteiger partial charge < -0.3 is 24.4 Å². The molecule has 0 aromatic heterocycles. The van der Waals surface area contributed by atoms with Crippen molar-refractivity contribution in [1.29, 1.82) is 0 Å². The van der Waals surface area contributed by atoms with Gasteiger partial charge in [-0.2, -0.15) is 0 Å². The van der Waals surface area contributed by atoms with Crippen molar-refractivity contribution in [2.24, 2.45) is 0 Å². The molecule has 2 amide bonds. The molecule has 7 heteroatoms. The minimum Gasteiger partial charge on any atom is -0.486 e. The third-order valence-electron chi connectivity index (χ3n) is 4.87. The lowest BCUT2D eigenvalue weighted by atomic mass is 10.1. The number of hydrogen-bond donors (Lipinski definition) is 1. The highest BCUT2D eigenvalue weighted by atomic mass is 16.6. The molecule has 0 unspecified atom stereocenters. The quantitative estimate of drug-likeness (QED) is 0.770. The Morgan fingerprint density at radius 1 is 1.10 bits per heavy atom. The van der Waals surface area contributed by atoms with Gasteiger partial charge >= 0.3 is 0 Å². The molecule has 1 N–H and O–H groups in total. The number of carbonyl (C=O) groups is 2. The number of amides is 2. The van der Waals surface area contributed by atoms with E-state index < -0.39 is 6.10 Å². The fourth-order valence-electron chi connectivity index (χ4n) is 3.36. The highest BCUT2D eigenvalue weighted by molar-refractivity contribution is 6.05. The number of nitrogens with one attached hydrogen (secondary N) is 1. The maximum Gasteiger partial charge on any atom is 0.262 e. The zero-order valence-electron chi connectivity index (χ0n) is 16.8. The zero-order valence-corrected chi connectivity index (χ0v) is 16.8. The van der Waals surface area contributed by atoms with Gasteiger partial charge in [-0.05, 0) is 42.3 Å². The molecular weight excluding hydrogens is 384 g/mol. The van der Waals surface area contributed by atoms with Crippen LogP contribution in [0.1, 0.15) is 18.9 Å². The minimum atomic E-state index is -0.752. The lowest BCUT2D eigenvalue weighted by Gasteiger charge is -2.33. The normalized spacial score (nSPS) is 17.2. The molecule has 0 radical (unpaired) electrons. The fraction of sp³-hybridized carbons (Fsp3) is 0.304. The lowest BCUT2D eigenvalue weighted by Crippen LogP contribution is -2.50. The van der Waals surface area contributed by atoms with Crippen LogP contribution in [0.25, 0.3) is 6.08 Å². The van der Waals surface area contributed by atoms with E-state index in [9.17, 15) is 9.59 Å². The third kappa shape index (κ3) is 4.25. The van der Waals surface area contributed by atoms with E-state index in [-0.39, 0.29) is 18.4 Å². The number of rotatable bonds is 5. The number of carbonyl (C=O) groups excluding carboxylic acids is 2. The van der Waals surface area contributed by atoms with Gasteiger partial charge in [-0.25, -0.2) is 0 Å². The summed E-state index contributed by atoms with van der Waals surface area (Å²) in [6.07, 6.45) is 3.30. The Morgan fingerprint density at radius 2 is 1.90 bits per heavy atom. The first-order valence-corrected chi connectivity index (χ1v) is 10.1. The van der Waals surface area contributed by atoms with Crippen LogP contribution in [0.5, 0.6) is 17.2 Å². The molecule has 30 heavy (non-hydrogen) atoms. The molecule has 156 valence electrons. The molecule has 4 rings (SSSR count). The monoisotopic (exact) mass is 408 g/mol. The van der Waals surface area contributed by atoms with Crippen molar-refractivity contribution in [2.75, 3.05) is 31.2 Å². The van der Waals surface area contributed by atoms with Crippen molar-refractivity contribution >= 4 is 23.6 Å². The Labute approximate surface area is 175 Å². The second-order valence-electron chi connectivity index (χ2n) is 7.05.